The Bertz CT molecular complexity index is 549. The van der Waals surface area contributed by atoms with Crippen LogP contribution in [-0.2, 0) is 11.3 Å². The van der Waals surface area contributed by atoms with Gasteiger partial charge >= 0.3 is 0 Å². The lowest BCUT2D eigenvalue weighted by Gasteiger charge is -2.08. The maximum Gasteiger partial charge on any atom is 0.182 e. The van der Waals surface area contributed by atoms with E-state index >= 15 is 0 Å². The van der Waals surface area contributed by atoms with Crippen LogP contribution in [-0.4, -0.2) is 33.4 Å². The Kier molecular flexibility index (Phi) is 4.62. The average molecular weight is 279 g/mol. The lowest BCUT2D eigenvalue weighted by atomic mass is 10.2. The second-order valence-corrected chi connectivity index (χ2v) is 4.97. The lowest BCUT2D eigenvalue weighted by molar-refractivity contribution is 0.101. The highest BCUT2D eigenvalue weighted by molar-refractivity contribution is 5.61. The molecule has 0 bridgehead atoms. The van der Waals surface area contributed by atoms with Gasteiger partial charge in [-0.25, -0.2) is 9.07 Å². The van der Waals surface area contributed by atoms with Crippen LogP contribution in [0.25, 0.3) is 11.4 Å². The monoisotopic (exact) mass is 279 g/mol. The van der Waals surface area contributed by atoms with Crippen LogP contribution >= 0.6 is 0 Å². The number of anilines is 1. The molecule has 2 N–H and O–H groups in total. The van der Waals surface area contributed by atoms with E-state index in [-0.39, 0.29) is 0 Å². The Hall–Kier alpha value is -2.02. The normalized spacial score (nSPS) is 11.2. The fraction of sp³-hybridized carbons (Fsp3) is 0.462. The molecule has 0 amide bonds. The molecule has 108 valence electrons. The molecule has 2 aromatic rings. The molecule has 0 unspecified atom stereocenters. The summed E-state index contributed by atoms with van der Waals surface area (Å²) in [6.45, 7) is 5.85. The summed E-state index contributed by atoms with van der Waals surface area (Å²) < 4.78 is 20.4. The van der Waals surface area contributed by atoms with E-state index in [1.54, 1.807) is 10.7 Å². The van der Waals surface area contributed by atoms with Crippen molar-refractivity contribution in [2.24, 2.45) is 5.92 Å². The van der Waals surface area contributed by atoms with Gasteiger partial charge in [-0.3, -0.25) is 0 Å². The number of ether oxygens (including phenoxy) is 1. The van der Waals surface area contributed by atoms with Gasteiger partial charge in [-0.1, -0.05) is 13.8 Å². The van der Waals surface area contributed by atoms with Crippen LogP contribution in [0.3, 0.4) is 0 Å². The standard InChI is InChI=1S/C13H18FN5O/c1-9(2)8-20-4-3-19-13(16-17-18-19)10-5-11(14)7-12(15)6-10/h5-7,9H,3-4,8,15H2,1-2H3. The summed E-state index contributed by atoms with van der Waals surface area (Å²) in [5, 5.41) is 11.4. The van der Waals surface area contributed by atoms with Gasteiger partial charge in [0.2, 0.25) is 0 Å². The molecule has 1 aromatic carbocycles. The smallest absolute Gasteiger partial charge is 0.182 e. The molecule has 7 heteroatoms. The number of hydrogen-bond donors (Lipinski definition) is 1. The van der Waals surface area contributed by atoms with Crippen LogP contribution < -0.4 is 5.73 Å². The number of tetrazole rings is 1. The number of hydrogen-bond acceptors (Lipinski definition) is 5. The van der Waals surface area contributed by atoms with Crippen LogP contribution in [0.2, 0.25) is 0 Å². The molecule has 1 heterocycles. The molecule has 2 rings (SSSR count). The number of benzene rings is 1. The summed E-state index contributed by atoms with van der Waals surface area (Å²) in [5.41, 5.74) is 6.52. The summed E-state index contributed by atoms with van der Waals surface area (Å²) in [6, 6.07) is 4.25. The van der Waals surface area contributed by atoms with Gasteiger partial charge in [0.05, 0.1) is 13.2 Å². The molecule has 0 saturated carbocycles. The first-order chi connectivity index (χ1) is 9.56. The molecular weight excluding hydrogens is 261 g/mol. The fourth-order valence-corrected chi connectivity index (χ4v) is 1.77. The maximum atomic E-state index is 13.4. The average Bonchev–Trinajstić information content (AvgIpc) is 2.81. The number of nitrogens with two attached hydrogens (primary N) is 1. The van der Waals surface area contributed by atoms with Gasteiger partial charge in [-0.15, -0.1) is 5.10 Å². The summed E-state index contributed by atoms with van der Waals surface area (Å²) >= 11 is 0. The van der Waals surface area contributed by atoms with E-state index < -0.39 is 5.82 Å². The zero-order valence-corrected chi connectivity index (χ0v) is 11.6. The molecule has 0 saturated heterocycles. The lowest BCUT2D eigenvalue weighted by Crippen LogP contribution is -2.11. The van der Waals surface area contributed by atoms with Crippen molar-refractivity contribution in [1.29, 1.82) is 0 Å². The molecular formula is C13H18FN5O. The minimum absolute atomic E-state index is 0.339. The van der Waals surface area contributed by atoms with Crippen molar-refractivity contribution in [1.82, 2.24) is 20.2 Å². The van der Waals surface area contributed by atoms with Crippen LogP contribution in [0.1, 0.15) is 13.8 Å². The van der Waals surface area contributed by atoms with E-state index in [9.17, 15) is 4.39 Å². The molecule has 1 aromatic heterocycles. The summed E-state index contributed by atoms with van der Waals surface area (Å²) in [4.78, 5) is 0. The van der Waals surface area contributed by atoms with Crippen LogP contribution in [0.15, 0.2) is 18.2 Å². The van der Waals surface area contributed by atoms with Crippen LogP contribution in [0.5, 0.6) is 0 Å². The van der Waals surface area contributed by atoms with Gasteiger partial charge in [0.25, 0.3) is 0 Å². The summed E-state index contributed by atoms with van der Waals surface area (Å²) in [6.07, 6.45) is 0. The van der Waals surface area contributed by atoms with Crippen molar-refractivity contribution >= 4 is 5.69 Å². The Balaban J connectivity index is 2.08. The molecule has 0 radical (unpaired) electrons. The number of rotatable bonds is 6. The van der Waals surface area contributed by atoms with E-state index in [0.29, 0.717) is 42.8 Å². The van der Waals surface area contributed by atoms with E-state index in [2.05, 4.69) is 29.4 Å². The quantitative estimate of drug-likeness (QED) is 0.643. The first kappa shape index (κ1) is 14.4. The highest BCUT2D eigenvalue weighted by Crippen LogP contribution is 2.20. The van der Waals surface area contributed by atoms with E-state index in [1.165, 1.54) is 12.1 Å². The van der Waals surface area contributed by atoms with Gasteiger partial charge in [-0.2, -0.15) is 0 Å². The Morgan fingerprint density at radius 2 is 2.15 bits per heavy atom. The molecule has 0 aliphatic carbocycles. The van der Waals surface area contributed by atoms with Gasteiger partial charge in [0.15, 0.2) is 5.82 Å². The van der Waals surface area contributed by atoms with Crippen molar-refractivity contribution in [3.8, 4) is 11.4 Å². The minimum atomic E-state index is -0.411. The number of nitrogens with zero attached hydrogens (tertiary/aromatic N) is 4. The van der Waals surface area contributed by atoms with Gasteiger partial charge < -0.3 is 10.5 Å². The molecule has 6 nitrogen and oxygen atoms in total. The van der Waals surface area contributed by atoms with E-state index in [4.69, 9.17) is 10.5 Å². The van der Waals surface area contributed by atoms with Gasteiger partial charge in [-0.05, 0) is 34.5 Å². The van der Waals surface area contributed by atoms with Crippen molar-refractivity contribution in [3.05, 3.63) is 24.0 Å². The molecule has 0 spiro atoms. The first-order valence-corrected chi connectivity index (χ1v) is 6.46. The Morgan fingerprint density at radius 1 is 1.35 bits per heavy atom. The topological polar surface area (TPSA) is 78.8 Å². The number of aromatic nitrogens is 4. The Morgan fingerprint density at radius 3 is 2.85 bits per heavy atom. The summed E-state index contributed by atoms with van der Waals surface area (Å²) in [7, 11) is 0. The van der Waals surface area contributed by atoms with Crippen molar-refractivity contribution in [2.75, 3.05) is 18.9 Å². The SMILES string of the molecule is CC(C)COCCn1nnnc1-c1cc(N)cc(F)c1. The highest BCUT2D eigenvalue weighted by Gasteiger charge is 2.10. The third-order valence-corrected chi connectivity index (χ3v) is 2.61. The zero-order chi connectivity index (χ0) is 14.5. The second kappa shape index (κ2) is 6.42. The van der Waals surface area contributed by atoms with E-state index in [1.807, 2.05) is 0 Å². The second-order valence-electron chi connectivity index (χ2n) is 4.97. The zero-order valence-electron chi connectivity index (χ0n) is 11.6. The number of halogens is 1. The molecule has 0 aliphatic rings. The Labute approximate surface area is 116 Å². The highest BCUT2D eigenvalue weighted by atomic mass is 19.1. The van der Waals surface area contributed by atoms with Crippen molar-refractivity contribution < 1.29 is 9.13 Å². The van der Waals surface area contributed by atoms with Crippen LogP contribution in [0, 0.1) is 11.7 Å². The van der Waals surface area contributed by atoms with Crippen molar-refractivity contribution in [3.63, 3.8) is 0 Å². The van der Waals surface area contributed by atoms with Gasteiger partial charge in [0, 0.05) is 17.9 Å². The van der Waals surface area contributed by atoms with E-state index in [0.717, 1.165) is 0 Å². The molecule has 20 heavy (non-hydrogen) atoms. The largest absolute Gasteiger partial charge is 0.399 e. The van der Waals surface area contributed by atoms with Crippen LogP contribution in [0.4, 0.5) is 10.1 Å². The van der Waals surface area contributed by atoms with Crippen molar-refractivity contribution in [2.45, 2.75) is 20.4 Å². The maximum absolute atomic E-state index is 13.4. The molecule has 0 aliphatic heterocycles. The summed E-state index contributed by atoms with van der Waals surface area (Å²) in [5.74, 6) is 0.543. The third kappa shape index (κ3) is 3.74. The minimum Gasteiger partial charge on any atom is -0.399 e. The predicted molar refractivity (Wildman–Crippen MR) is 73.3 cm³/mol. The molecule has 0 fully saturated rings. The third-order valence-electron chi connectivity index (χ3n) is 2.61. The fourth-order valence-electron chi connectivity index (χ4n) is 1.77. The van der Waals surface area contributed by atoms with Gasteiger partial charge in [0.1, 0.15) is 5.82 Å². The molecule has 0 atom stereocenters. The number of nitrogen functional groups attached to an aromatic ring is 1. The predicted octanol–water partition coefficient (Wildman–Crippen LogP) is 1.73. The first-order valence-electron chi connectivity index (χ1n) is 6.46.